The number of nitrogens with zero attached hydrogens (tertiary/aromatic N) is 3. The van der Waals surface area contributed by atoms with Crippen molar-refractivity contribution in [1.29, 1.82) is 0 Å². The SMILES string of the molecule is NCCCc1noc(-c2cnoc2)n1. The van der Waals surface area contributed by atoms with E-state index in [0.717, 1.165) is 12.8 Å². The molecule has 0 radical (unpaired) electrons. The summed E-state index contributed by atoms with van der Waals surface area (Å²) < 4.78 is 9.67. The highest BCUT2D eigenvalue weighted by atomic mass is 16.5. The van der Waals surface area contributed by atoms with E-state index in [1.807, 2.05) is 0 Å². The molecule has 0 spiro atoms. The number of nitrogens with two attached hydrogens (primary N) is 1. The molecular formula is C8H10N4O2. The van der Waals surface area contributed by atoms with Gasteiger partial charge in [-0.05, 0) is 13.0 Å². The smallest absolute Gasteiger partial charge is 0.262 e. The van der Waals surface area contributed by atoms with Crippen molar-refractivity contribution >= 4 is 0 Å². The Morgan fingerprint density at radius 3 is 3.07 bits per heavy atom. The van der Waals surface area contributed by atoms with Gasteiger partial charge in [0.2, 0.25) is 0 Å². The molecule has 74 valence electrons. The molecule has 0 aliphatic carbocycles. The lowest BCUT2D eigenvalue weighted by atomic mass is 10.3. The zero-order valence-corrected chi connectivity index (χ0v) is 7.51. The molecule has 0 unspecified atom stereocenters. The molecule has 6 heteroatoms. The minimum absolute atomic E-state index is 0.429. The van der Waals surface area contributed by atoms with Crippen molar-refractivity contribution in [1.82, 2.24) is 15.3 Å². The van der Waals surface area contributed by atoms with Crippen LogP contribution in [0.4, 0.5) is 0 Å². The predicted molar refractivity (Wildman–Crippen MR) is 47.2 cm³/mol. The van der Waals surface area contributed by atoms with Gasteiger partial charge in [0.1, 0.15) is 6.26 Å². The maximum Gasteiger partial charge on any atom is 0.262 e. The molecular weight excluding hydrogens is 184 g/mol. The second-order valence-corrected chi connectivity index (χ2v) is 2.82. The lowest BCUT2D eigenvalue weighted by Crippen LogP contribution is -2.01. The summed E-state index contributed by atoms with van der Waals surface area (Å²) in [5.74, 6) is 1.09. The van der Waals surface area contributed by atoms with Gasteiger partial charge in [0.15, 0.2) is 5.82 Å². The van der Waals surface area contributed by atoms with E-state index in [9.17, 15) is 0 Å². The maximum absolute atomic E-state index is 5.37. The van der Waals surface area contributed by atoms with Gasteiger partial charge in [-0.15, -0.1) is 0 Å². The van der Waals surface area contributed by atoms with Crippen LogP contribution in [0.2, 0.25) is 0 Å². The van der Waals surface area contributed by atoms with Gasteiger partial charge in [-0.2, -0.15) is 4.98 Å². The van der Waals surface area contributed by atoms with Crippen molar-refractivity contribution in [3.63, 3.8) is 0 Å². The lowest BCUT2D eigenvalue weighted by molar-refractivity contribution is 0.414. The first-order valence-corrected chi connectivity index (χ1v) is 4.32. The molecule has 0 aliphatic heterocycles. The molecule has 0 saturated heterocycles. The van der Waals surface area contributed by atoms with Crippen LogP contribution >= 0.6 is 0 Å². The van der Waals surface area contributed by atoms with Crippen LogP contribution in [0, 0.1) is 0 Å². The van der Waals surface area contributed by atoms with Gasteiger partial charge in [-0.3, -0.25) is 0 Å². The fraction of sp³-hybridized carbons (Fsp3) is 0.375. The van der Waals surface area contributed by atoms with Gasteiger partial charge in [-0.1, -0.05) is 10.3 Å². The van der Waals surface area contributed by atoms with E-state index in [-0.39, 0.29) is 0 Å². The number of hydrogen-bond donors (Lipinski definition) is 1. The molecule has 0 fully saturated rings. The van der Waals surface area contributed by atoms with Gasteiger partial charge in [-0.25, -0.2) is 0 Å². The second-order valence-electron chi connectivity index (χ2n) is 2.82. The fourth-order valence-electron chi connectivity index (χ4n) is 1.04. The Balaban J connectivity index is 2.10. The first kappa shape index (κ1) is 8.89. The van der Waals surface area contributed by atoms with Crippen molar-refractivity contribution in [2.75, 3.05) is 6.54 Å². The van der Waals surface area contributed by atoms with Gasteiger partial charge < -0.3 is 14.8 Å². The normalized spacial score (nSPS) is 10.6. The summed E-state index contributed by atoms with van der Waals surface area (Å²) in [5.41, 5.74) is 6.06. The van der Waals surface area contributed by atoms with E-state index in [4.69, 9.17) is 10.3 Å². The quantitative estimate of drug-likeness (QED) is 0.766. The Labute approximate surface area is 80.1 Å². The van der Waals surface area contributed by atoms with Crippen LogP contribution in [-0.2, 0) is 6.42 Å². The Bertz CT molecular complexity index is 382. The maximum atomic E-state index is 5.37. The molecule has 2 aromatic rings. The molecule has 2 N–H and O–H groups in total. The number of aromatic nitrogens is 3. The standard InChI is InChI=1S/C8H10N4O2/c9-3-1-2-7-11-8(14-12-7)6-4-10-13-5-6/h4-5H,1-3,9H2. The molecule has 0 aliphatic rings. The molecule has 0 aromatic carbocycles. The first-order valence-electron chi connectivity index (χ1n) is 4.32. The Hall–Kier alpha value is -1.69. The highest BCUT2D eigenvalue weighted by Crippen LogP contribution is 2.15. The van der Waals surface area contributed by atoms with E-state index in [1.165, 1.54) is 12.5 Å². The first-order chi connectivity index (χ1) is 6.90. The summed E-state index contributed by atoms with van der Waals surface area (Å²) in [6.45, 7) is 0.622. The van der Waals surface area contributed by atoms with E-state index < -0.39 is 0 Å². The number of rotatable bonds is 4. The Kier molecular flexibility index (Phi) is 2.55. The third kappa shape index (κ3) is 1.80. The van der Waals surface area contributed by atoms with Crippen LogP contribution < -0.4 is 5.73 Å². The van der Waals surface area contributed by atoms with E-state index in [2.05, 4.69) is 19.8 Å². The molecule has 14 heavy (non-hydrogen) atoms. The summed E-state index contributed by atoms with van der Waals surface area (Å²) in [5, 5.41) is 7.35. The van der Waals surface area contributed by atoms with Gasteiger partial charge in [0.25, 0.3) is 5.89 Å². The number of hydrogen-bond acceptors (Lipinski definition) is 6. The van der Waals surface area contributed by atoms with Crippen molar-refractivity contribution in [3.8, 4) is 11.5 Å². The predicted octanol–water partition coefficient (Wildman–Crippen LogP) is 0.616. The van der Waals surface area contributed by atoms with Crippen LogP contribution in [0.15, 0.2) is 21.5 Å². The van der Waals surface area contributed by atoms with Crippen molar-refractivity contribution in [2.24, 2.45) is 5.73 Å². The third-order valence-corrected chi connectivity index (χ3v) is 1.75. The molecule has 0 atom stereocenters. The zero-order chi connectivity index (χ0) is 9.80. The lowest BCUT2D eigenvalue weighted by Gasteiger charge is -1.87. The summed E-state index contributed by atoms with van der Waals surface area (Å²) in [4.78, 5) is 4.16. The van der Waals surface area contributed by atoms with E-state index in [1.54, 1.807) is 0 Å². The zero-order valence-electron chi connectivity index (χ0n) is 7.51. The average Bonchev–Trinajstić information content (AvgIpc) is 2.85. The van der Waals surface area contributed by atoms with Crippen LogP contribution in [-0.4, -0.2) is 21.8 Å². The average molecular weight is 194 g/mol. The van der Waals surface area contributed by atoms with Gasteiger partial charge in [0, 0.05) is 6.42 Å². The molecule has 2 heterocycles. The fourth-order valence-corrected chi connectivity index (χ4v) is 1.04. The molecule has 2 rings (SSSR count). The minimum atomic E-state index is 0.429. The summed E-state index contributed by atoms with van der Waals surface area (Å²) >= 11 is 0. The minimum Gasteiger partial charge on any atom is -0.364 e. The van der Waals surface area contributed by atoms with E-state index >= 15 is 0 Å². The Morgan fingerprint density at radius 2 is 2.36 bits per heavy atom. The molecule has 6 nitrogen and oxygen atoms in total. The summed E-state index contributed by atoms with van der Waals surface area (Å²) in [7, 11) is 0. The Morgan fingerprint density at radius 1 is 1.43 bits per heavy atom. The topological polar surface area (TPSA) is 91.0 Å². The monoisotopic (exact) mass is 194 g/mol. The van der Waals surface area contributed by atoms with Crippen LogP contribution in [0.1, 0.15) is 12.2 Å². The van der Waals surface area contributed by atoms with Crippen LogP contribution in [0.3, 0.4) is 0 Å². The molecule has 0 bridgehead atoms. The van der Waals surface area contributed by atoms with Crippen LogP contribution in [0.5, 0.6) is 0 Å². The summed E-state index contributed by atoms with van der Waals surface area (Å²) in [6.07, 6.45) is 4.56. The second kappa shape index (κ2) is 4.01. The molecule has 0 saturated carbocycles. The highest BCUT2D eigenvalue weighted by molar-refractivity contribution is 5.48. The van der Waals surface area contributed by atoms with Crippen LogP contribution in [0.25, 0.3) is 11.5 Å². The summed E-state index contributed by atoms with van der Waals surface area (Å²) in [6, 6.07) is 0. The molecule has 0 amide bonds. The van der Waals surface area contributed by atoms with E-state index in [0.29, 0.717) is 23.8 Å². The number of aryl methyl sites for hydroxylation is 1. The van der Waals surface area contributed by atoms with Crippen molar-refractivity contribution < 1.29 is 9.05 Å². The molecule has 2 aromatic heterocycles. The van der Waals surface area contributed by atoms with Crippen molar-refractivity contribution in [2.45, 2.75) is 12.8 Å². The van der Waals surface area contributed by atoms with Crippen molar-refractivity contribution in [3.05, 3.63) is 18.3 Å². The largest absolute Gasteiger partial charge is 0.364 e. The van der Waals surface area contributed by atoms with Gasteiger partial charge in [0.05, 0.1) is 11.8 Å². The van der Waals surface area contributed by atoms with Gasteiger partial charge >= 0.3 is 0 Å². The highest BCUT2D eigenvalue weighted by Gasteiger charge is 2.09. The third-order valence-electron chi connectivity index (χ3n) is 1.75.